The van der Waals surface area contributed by atoms with Gasteiger partial charge in [0.15, 0.2) is 18.2 Å². The SMILES string of the molecule is CCCCCCCNC(=O)O[C@@H]([C@@H]1OC(C(=O)O)=C[C@H](N=C(N)N)[C@H]1NC(C)=O)[C@H](O)CO.O=C(O)C(F)(F)F. The Balaban J connectivity index is 0.00000191. The van der Waals surface area contributed by atoms with Gasteiger partial charge in [-0.25, -0.2) is 19.4 Å². The number of nitrogens with one attached hydrogen (secondary N) is 2. The maximum atomic E-state index is 12.3. The minimum absolute atomic E-state index is 0.321. The first-order chi connectivity index (χ1) is 18.5. The van der Waals surface area contributed by atoms with Crippen molar-refractivity contribution >= 4 is 29.9 Å². The molecule has 0 fully saturated rings. The van der Waals surface area contributed by atoms with Gasteiger partial charge in [0.05, 0.1) is 18.7 Å². The van der Waals surface area contributed by atoms with Gasteiger partial charge in [-0.1, -0.05) is 32.6 Å². The number of carboxylic acids is 2. The van der Waals surface area contributed by atoms with Gasteiger partial charge in [0.1, 0.15) is 6.10 Å². The topological polar surface area (TPSA) is 256 Å². The predicted octanol–water partition coefficient (Wildman–Crippen LogP) is -0.448. The lowest BCUT2D eigenvalue weighted by Crippen LogP contribution is -2.61. The van der Waals surface area contributed by atoms with E-state index in [9.17, 15) is 42.9 Å². The summed E-state index contributed by atoms with van der Waals surface area (Å²) >= 11 is 0. The standard InChI is InChI=1S/C20H35N5O8.C2HF3O2/c1-3-4-5-6-7-8-23-20(31)33-16(13(28)10-26)17-15(24-11(2)27)12(25-19(21)22)9-14(32-17)18(29)30;3-2(4,5)1(6)7/h9,12-13,15-17,26,28H,3-8,10H2,1-2H3,(H,23,31)(H,24,27)(H,29,30)(H4,21,22,25);(H,6,7)/t12-,13+,15+,16+,17+;/m0./s1. The van der Waals surface area contributed by atoms with Crippen LogP contribution in [0.1, 0.15) is 46.0 Å². The molecule has 5 atom stereocenters. The van der Waals surface area contributed by atoms with E-state index in [0.717, 1.165) is 38.2 Å². The number of alkyl halides is 3. The number of alkyl carbamates (subject to hydrolysis) is 1. The molecule has 0 saturated heterocycles. The first-order valence-corrected chi connectivity index (χ1v) is 12.1. The van der Waals surface area contributed by atoms with Crippen molar-refractivity contribution in [2.45, 2.75) is 82.5 Å². The Morgan fingerprint density at radius 1 is 1.15 bits per heavy atom. The lowest BCUT2D eigenvalue weighted by Gasteiger charge is -2.39. The fourth-order valence-corrected chi connectivity index (χ4v) is 3.35. The van der Waals surface area contributed by atoms with Gasteiger partial charge < -0.3 is 52.0 Å². The van der Waals surface area contributed by atoms with Gasteiger partial charge in [-0.15, -0.1) is 0 Å². The second-order valence-electron chi connectivity index (χ2n) is 8.45. The number of unbranched alkanes of at least 4 members (excludes halogenated alkanes) is 4. The number of halogens is 3. The zero-order chi connectivity index (χ0) is 31.0. The Kier molecular flexibility index (Phi) is 16.0. The lowest BCUT2D eigenvalue weighted by atomic mass is 9.92. The summed E-state index contributed by atoms with van der Waals surface area (Å²) in [5.74, 6) is -5.73. The molecule has 40 heavy (non-hydrogen) atoms. The number of rotatable bonds is 13. The summed E-state index contributed by atoms with van der Waals surface area (Å²) in [6.07, 6.45) is -4.72. The summed E-state index contributed by atoms with van der Waals surface area (Å²) in [7, 11) is 0. The molecule has 0 aromatic heterocycles. The largest absolute Gasteiger partial charge is 0.490 e. The molecule has 1 aliphatic rings. The number of nitrogens with two attached hydrogens (primary N) is 2. The molecule has 15 nitrogen and oxygen atoms in total. The summed E-state index contributed by atoms with van der Waals surface area (Å²) < 4.78 is 42.5. The van der Waals surface area contributed by atoms with Crippen LogP contribution < -0.4 is 22.1 Å². The average molecular weight is 588 g/mol. The van der Waals surface area contributed by atoms with Crippen LogP contribution in [-0.4, -0.2) is 100 Å². The predicted molar refractivity (Wildman–Crippen MR) is 132 cm³/mol. The number of nitrogens with zero attached hydrogens (tertiary/aromatic N) is 1. The van der Waals surface area contributed by atoms with Crippen LogP contribution in [0, 0.1) is 0 Å². The highest BCUT2D eigenvalue weighted by Crippen LogP contribution is 2.26. The van der Waals surface area contributed by atoms with Gasteiger partial charge >= 0.3 is 24.2 Å². The van der Waals surface area contributed by atoms with Crippen molar-refractivity contribution in [1.82, 2.24) is 10.6 Å². The number of hydrogen-bond acceptors (Lipinski definition) is 9. The molecular weight excluding hydrogens is 551 g/mol. The normalized spacial score (nSPS) is 19.8. The minimum atomic E-state index is -5.08. The van der Waals surface area contributed by atoms with E-state index in [2.05, 4.69) is 22.5 Å². The Labute approximate surface area is 227 Å². The van der Waals surface area contributed by atoms with Crippen molar-refractivity contribution in [2.24, 2.45) is 16.5 Å². The Bertz CT molecular complexity index is 912. The molecule has 0 spiro atoms. The van der Waals surface area contributed by atoms with Gasteiger partial charge in [0, 0.05) is 13.5 Å². The Hall–Kier alpha value is -3.80. The second-order valence-corrected chi connectivity index (χ2v) is 8.45. The molecule has 0 aromatic carbocycles. The lowest BCUT2D eigenvalue weighted by molar-refractivity contribution is -0.192. The molecule has 1 heterocycles. The molecular formula is C22H36F3N5O10. The molecule has 0 saturated carbocycles. The van der Waals surface area contributed by atoms with Crippen LogP contribution in [0.2, 0.25) is 0 Å². The summed E-state index contributed by atoms with van der Waals surface area (Å²) in [5, 5.41) is 41.4. The highest BCUT2D eigenvalue weighted by atomic mass is 19.4. The van der Waals surface area contributed by atoms with Crippen LogP contribution in [0.5, 0.6) is 0 Å². The average Bonchev–Trinajstić information content (AvgIpc) is 2.84. The summed E-state index contributed by atoms with van der Waals surface area (Å²) in [5.41, 5.74) is 10.9. The van der Waals surface area contributed by atoms with Crippen LogP contribution >= 0.6 is 0 Å². The number of ether oxygens (including phenoxy) is 2. The van der Waals surface area contributed by atoms with Gasteiger partial charge in [-0.2, -0.15) is 13.2 Å². The first-order valence-electron chi connectivity index (χ1n) is 12.1. The van der Waals surface area contributed by atoms with E-state index in [1.807, 2.05) is 0 Å². The molecule has 1 aliphatic heterocycles. The number of aliphatic carboxylic acids is 2. The van der Waals surface area contributed by atoms with Crippen molar-refractivity contribution in [3.8, 4) is 0 Å². The maximum absolute atomic E-state index is 12.3. The summed E-state index contributed by atoms with van der Waals surface area (Å²) in [6, 6.07) is -2.23. The third kappa shape index (κ3) is 13.8. The third-order valence-electron chi connectivity index (χ3n) is 5.11. The molecule has 0 aromatic rings. The van der Waals surface area contributed by atoms with E-state index >= 15 is 0 Å². The zero-order valence-electron chi connectivity index (χ0n) is 21.9. The number of hydrogen-bond donors (Lipinski definition) is 8. The third-order valence-corrected chi connectivity index (χ3v) is 5.11. The molecule has 0 unspecified atom stereocenters. The van der Waals surface area contributed by atoms with Crippen molar-refractivity contribution in [2.75, 3.05) is 13.2 Å². The van der Waals surface area contributed by atoms with Crippen molar-refractivity contribution < 1.29 is 62.2 Å². The van der Waals surface area contributed by atoms with E-state index in [4.69, 9.17) is 30.8 Å². The van der Waals surface area contributed by atoms with E-state index in [1.54, 1.807) is 0 Å². The Morgan fingerprint density at radius 2 is 1.73 bits per heavy atom. The van der Waals surface area contributed by atoms with Crippen LogP contribution in [0.4, 0.5) is 18.0 Å². The molecule has 0 radical (unpaired) electrons. The van der Waals surface area contributed by atoms with E-state index in [0.29, 0.717) is 6.54 Å². The van der Waals surface area contributed by atoms with E-state index in [-0.39, 0.29) is 0 Å². The fourth-order valence-electron chi connectivity index (χ4n) is 3.35. The van der Waals surface area contributed by atoms with E-state index < -0.39 is 78.8 Å². The molecule has 2 amide bonds. The van der Waals surface area contributed by atoms with Gasteiger partial charge in [-0.3, -0.25) is 4.79 Å². The van der Waals surface area contributed by atoms with Gasteiger partial charge in [0.2, 0.25) is 11.7 Å². The van der Waals surface area contributed by atoms with Gasteiger partial charge in [-0.05, 0) is 12.5 Å². The highest BCUT2D eigenvalue weighted by Gasteiger charge is 2.46. The van der Waals surface area contributed by atoms with Crippen molar-refractivity contribution in [1.29, 1.82) is 0 Å². The quantitative estimate of drug-likeness (QED) is 0.0774. The maximum Gasteiger partial charge on any atom is 0.490 e. The highest BCUT2D eigenvalue weighted by molar-refractivity contribution is 5.85. The number of guanidine groups is 1. The monoisotopic (exact) mass is 587 g/mol. The van der Waals surface area contributed by atoms with Crippen LogP contribution in [0.3, 0.4) is 0 Å². The molecule has 1 rings (SSSR count). The van der Waals surface area contributed by atoms with Crippen LogP contribution in [0.25, 0.3) is 0 Å². The summed E-state index contributed by atoms with van der Waals surface area (Å²) in [4.78, 5) is 48.5. The van der Waals surface area contributed by atoms with E-state index in [1.165, 1.54) is 6.92 Å². The van der Waals surface area contributed by atoms with Crippen LogP contribution in [0.15, 0.2) is 16.8 Å². The molecule has 18 heteroatoms. The number of carbonyl (C=O) groups is 4. The van der Waals surface area contributed by atoms with Crippen molar-refractivity contribution in [3.63, 3.8) is 0 Å². The molecule has 0 aliphatic carbocycles. The second kappa shape index (κ2) is 17.7. The van der Waals surface area contributed by atoms with Gasteiger partial charge in [0.25, 0.3) is 0 Å². The number of aliphatic imine (C=N–C) groups is 1. The first kappa shape index (κ1) is 36.2. The number of aliphatic hydroxyl groups is 2. The minimum Gasteiger partial charge on any atom is -0.477 e. The summed E-state index contributed by atoms with van der Waals surface area (Å²) in [6.45, 7) is 2.78. The van der Waals surface area contributed by atoms with Crippen molar-refractivity contribution in [3.05, 3.63) is 11.8 Å². The fraction of sp³-hybridized carbons (Fsp3) is 0.682. The zero-order valence-corrected chi connectivity index (χ0v) is 21.9. The molecule has 230 valence electrons. The number of carbonyl (C=O) groups excluding carboxylic acids is 2. The number of carboxylic acid groups (broad SMARTS) is 2. The molecule has 10 N–H and O–H groups in total. The van der Waals surface area contributed by atoms with Crippen LogP contribution in [-0.2, 0) is 23.9 Å². The molecule has 0 bridgehead atoms. The Morgan fingerprint density at radius 3 is 2.17 bits per heavy atom. The number of aliphatic hydroxyl groups excluding tert-OH is 2. The smallest absolute Gasteiger partial charge is 0.477 e. The number of amides is 2.